The monoisotopic (exact) mass is 954 g/mol. The van der Waals surface area contributed by atoms with Crippen molar-refractivity contribution in [3.63, 3.8) is 0 Å². The Morgan fingerprint density at radius 3 is 1.78 bits per heavy atom. The molecule has 3 nitrogen and oxygen atoms in total. The first kappa shape index (κ1) is 47.0. The molecular formula is C46H50F6IO3PS. The van der Waals surface area contributed by atoms with Crippen LogP contribution in [0.25, 0.3) is 20.2 Å². The molecule has 1 N–H and O–H groups in total. The van der Waals surface area contributed by atoms with Crippen molar-refractivity contribution >= 4 is 45.1 Å². The third-order valence-corrected chi connectivity index (χ3v) is 13.0. The van der Waals surface area contributed by atoms with Gasteiger partial charge in [-0.25, -0.2) is 0 Å². The van der Waals surface area contributed by atoms with Gasteiger partial charge < -0.3 is 5.11 Å². The molecular weight excluding hydrogens is 904 g/mol. The van der Waals surface area contributed by atoms with E-state index in [4.69, 9.17) is 0 Å². The predicted octanol–water partition coefficient (Wildman–Crippen LogP) is 11.8. The molecule has 1 aliphatic carbocycles. The number of Topliss-reactive ketones (excluding diaryl/α,β-unsaturated/α-hetero) is 1. The van der Waals surface area contributed by atoms with Crippen molar-refractivity contribution in [3.8, 4) is 0 Å². The van der Waals surface area contributed by atoms with E-state index >= 15 is 0 Å². The smallest absolute Gasteiger partial charge is 0.194 e. The van der Waals surface area contributed by atoms with E-state index in [1.54, 1.807) is 23.5 Å². The minimum Gasteiger partial charge on any atom is -0.382 e. The number of hydrogen-bond donors (Lipinski definition) is 1. The Kier molecular flexibility index (Phi) is 15.5. The molecule has 1 aromatic heterocycles. The zero-order valence-electron chi connectivity index (χ0n) is 33.2. The summed E-state index contributed by atoms with van der Waals surface area (Å²) in [6.45, 7) is 11.0. The SMILES string of the molecule is CC(C)c1ccc2sc3ccccc3c(=O)c2c1.Cc1ccc([I+]c2ccc(CC(C)C)cc2)cc1.F[P-](F)(F)(F)(F)F.O=C(c1ccccc1)C1(O)CCCCC1. The Hall–Kier alpha value is -3.64. The van der Waals surface area contributed by atoms with Crippen molar-refractivity contribution in [2.24, 2.45) is 5.92 Å². The van der Waals surface area contributed by atoms with E-state index in [1.165, 1.54) is 30.3 Å². The first-order valence-electron chi connectivity index (χ1n) is 19.1. The molecule has 6 aromatic rings. The molecule has 0 saturated heterocycles. The fourth-order valence-electron chi connectivity index (χ4n) is 6.28. The van der Waals surface area contributed by atoms with Crippen molar-refractivity contribution < 1.29 is 56.3 Å². The van der Waals surface area contributed by atoms with E-state index in [2.05, 4.69) is 95.3 Å². The van der Waals surface area contributed by atoms with Gasteiger partial charge in [0.2, 0.25) is 0 Å². The number of carbonyl (C=O) groups is 1. The maximum atomic E-state index is 12.5. The van der Waals surface area contributed by atoms with Crippen molar-refractivity contribution in [1.29, 1.82) is 0 Å². The number of rotatable bonds is 7. The topological polar surface area (TPSA) is 54.4 Å². The molecule has 7 rings (SSSR count). The maximum absolute atomic E-state index is 12.5. The zero-order valence-corrected chi connectivity index (χ0v) is 37.1. The fraction of sp³-hybridized carbons (Fsp3) is 0.304. The van der Waals surface area contributed by atoms with Crippen LogP contribution in [-0.4, -0.2) is 16.5 Å². The maximum Gasteiger partial charge on any atom is 0.194 e. The molecule has 0 spiro atoms. The summed E-state index contributed by atoms with van der Waals surface area (Å²) in [5.41, 5.74) is 3.71. The number of benzene rings is 5. The van der Waals surface area contributed by atoms with E-state index in [-0.39, 0.29) is 32.4 Å². The molecule has 58 heavy (non-hydrogen) atoms. The number of aryl methyl sites for hydroxylation is 1. The molecule has 1 saturated carbocycles. The molecule has 0 unspecified atom stereocenters. The van der Waals surface area contributed by atoms with Gasteiger partial charge in [-0.2, -0.15) is 0 Å². The third kappa shape index (κ3) is 16.2. The molecule has 0 atom stereocenters. The zero-order chi connectivity index (χ0) is 42.8. The second-order valence-electron chi connectivity index (χ2n) is 15.2. The second-order valence-corrected chi connectivity index (χ2v) is 21.2. The summed E-state index contributed by atoms with van der Waals surface area (Å²) < 4.78 is 64.3. The number of halogens is 7. The van der Waals surface area contributed by atoms with E-state index in [9.17, 15) is 39.9 Å². The molecule has 0 amide bonds. The Morgan fingerprint density at radius 1 is 0.707 bits per heavy atom. The second kappa shape index (κ2) is 19.2. The molecule has 0 radical (unpaired) electrons. The fourth-order valence-corrected chi connectivity index (χ4v) is 9.49. The van der Waals surface area contributed by atoms with Crippen molar-refractivity contribution in [2.75, 3.05) is 0 Å². The van der Waals surface area contributed by atoms with E-state index in [0.29, 0.717) is 24.3 Å². The molecule has 0 aliphatic heterocycles. The summed E-state index contributed by atoms with van der Waals surface area (Å²) in [7, 11) is -10.7. The van der Waals surface area contributed by atoms with E-state index in [1.807, 2.05) is 48.5 Å². The summed E-state index contributed by atoms with van der Waals surface area (Å²) in [6.07, 6.45) is 5.44. The Bertz CT molecular complexity index is 2310. The van der Waals surface area contributed by atoms with Crippen LogP contribution in [0.3, 0.4) is 0 Å². The number of ketones is 1. The number of aliphatic hydroxyl groups is 1. The Balaban J connectivity index is 0.000000179. The Labute approximate surface area is 351 Å². The molecule has 312 valence electrons. The van der Waals surface area contributed by atoms with Gasteiger partial charge in [-0.1, -0.05) is 125 Å². The molecule has 5 aromatic carbocycles. The number of fused-ring (bicyclic) bond motifs is 2. The van der Waals surface area contributed by atoms with E-state index < -0.39 is 13.4 Å². The first-order chi connectivity index (χ1) is 27.0. The predicted molar refractivity (Wildman–Crippen MR) is 226 cm³/mol. The normalized spacial score (nSPS) is 14.9. The van der Waals surface area contributed by atoms with Crippen LogP contribution in [0.1, 0.15) is 92.8 Å². The van der Waals surface area contributed by atoms with Gasteiger partial charge in [0, 0.05) is 25.7 Å². The van der Waals surface area contributed by atoms with Crippen molar-refractivity contribution in [3.05, 3.63) is 161 Å². The van der Waals surface area contributed by atoms with Gasteiger partial charge in [0.1, 0.15) is 5.60 Å². The van der Waals surface area contributed by atoms with Crippen molar-refractivity contribution in [2.45, 2.75) is 84.7 Å². The van der Waals surface area contributed by atoms with Crippen LogP contribution in [0, 0.1) is 20.0 Å². The average Bonchev–Trinajstić information content (AvgIpc) is 3.16. The van der Waals surface area contributed by atoms with Crippen LogP contribution in [0.2, 0.25) is 0 Å². The molecule has 12 heteroatoms. The summed E-state index contributed by atoms with van der Waals surface area (Å²) in [4.78, 5) is 24.5. The summed E-state index contributed by atoms with van der Waals surface area (Å²) in [5, 5.41) is 11.9. The minimum atomic E-state index is -10.7. The quantitative estimate of drug-likeness (QED) is 0.0570. The largest absolute Gasteiger partial charge is 0.382 e. The van der Waals surface area contributed by atoms with Gasteiger partial charge in [0.25, 0.3) is 0 Å². The summed E-state index contributed by atoms with van der Waals surface area (Å²) in [5.74, 6) is 1.08. The van der Waals surface area contributed by atoms with Crippen LogP contribution in [0.5, 0.6) is 0 Å². The van der Waals surface area contributed by atoms with Gasteiger partial charge in [-0.15, -0.1) is 11.3 Å². The van der Waals surface area contributed by atoms with Crippen LogP contribution < -0.4 is 26.6 Å². The number of carbonyl (C=O) groups excluding carboxylic acids is 1. The summed E-state index contributed by atoms with van der Waals surface area (Å²) in [6, 6.07) is 41.3. The van der Waals surface area contributed by atoms with Crippen LogP contribution >= 0.6 is 19.1 Å². The average molecular weight is 955 g/mol. The van der Waals surface area contributed by atoms with Gasteiger partial charge in [-0.05, 0) is 97.7 Å². The number of hydrogen-bond acceptors (Lipinski definition) is 4. The van der Waals surface area contributed by atoms with Gasteiger partial charge >= 0.3 is 54.2 Å². The molecule has 1 heterocycles. The standard InChI is InChI=1S/C17H20I.C16H14OS.C13H16O2.F6P/c1-13(2)12-15-6-10-17(11-7-15)18-16-8-4-14(3)5-9-16;1-10(2)11-7-8-15-13(9-11)16(17)12-5-3-4-6-14(12)18-15;14-12(11-7-3-1-4-8-11)13(15)9-5-2-6-10-13;1-7(2,3,4,5)6/h4-11,13H,12H2,1-3H3;3-10H,1-2H3;1,3-4,7-8,15H,2,5-6,9-10H2;/q+1;;;-1. The minimum absolute atomic E-state index is 0.0179. The molecule has 0 bridgehead atoms. The molecule has 1 aliphatic rings. The van der Waals surface area contributed by atoms with Crippen LogP contribution in [0.15, 0.2) is 126 Å². The van der Waals surface area contributed by atoms with Gasteiger partial charge in [-0.3, -0.25) is 9.59 Å². The first-order valence-corrected chi connectivity index (χ1v) is 24.1. The van der Waals surface area contributed by atoms with Crippen molar-refractivity contribution in [1.82, 2.24) is 0 Å². The molecule has 1 fully saturated rings. The van der Waals surface area contributed by atoms with Crippen LogP contribution in [-0.2, 0) is 6.42 Å². The third-order valence-electron chi connectivity index (χ3n) is 9.19. The van der Waals surface area contributed by atoms with Gasteiger partial charge in [0.05, 0.1) is 0 Å². The van der Waals surface area contributed by atoms with E-state index in [0.717, 1.165) is 45.4 Å². The van der Waals surface area contributed by atoms with Gasteiger partial charge in [0.15, 0.2) is 18.4 Å². The Morgan fingerprint density at radius 2 is 1.22 bits per heavy atom. The summed E-state index contributed by atoms with van der Waals surface area (Å²) >= 11 is 1.67. The van der Waals surface area contributed by atoms with Crippen LogP contribution in [0.4, 0.5) is 25.2 Å².